The highest BCUT2D eigenvalue weighted by molar-refractivity contribution is 5.99. The fourth-order valence-corrected chi connectivity index (χ4v) is 3.65. The number of ether oxygens (including phenoxy) is 1. The second-order valence-corrected chi connectivity index (χ2v) is 6.54. The van der Waals surface area contributed by atoms with Crippen molar-refractivity contribution in [3.8, 4) is 5.75 Å². The van der Waals surface area contributed by atoms with E-state index in [-0.39, 0.29) is 0 Å². The Morgan fingerprint density at radius 2 is 1.67 bits per heavy atom. The zero-order valence-corrected chi connectivity index (χ0v) is 15.0. The number of benzene rings is 2. The standard InChI is InChI=1S/C19H19N7O/c1-27-15-6-4-5-14(13-15)24-9-11-25(12-10-24)19-17-8-3-2-7-16(17)18-20-22-23-26(18)21-19/h2-8,13H,9-12H2,1H3. The zero-order valence-electron chi connectivity index (χ0n) is 15.0. The first kappa shape index (κ1) is 15.8. The average Bonchev–Trinajstić information content (AvgIpc) is 3.22. The summed E-state index contributed by atoms with van der Waals surface area (Å²) in [4.78, 5) is 4.68. The molecule has 0 aliphatic carbocycles. The van der Waals surface area contributed by atoms with Gasteiger partial charge < -0.3 is 14.5 Å². The van der Waals surface area contributed by atoms with Crippen LogP contribution in [0.2, 0.25) is 0 Å². The van der Waals surface area contributed by atoms with E-state index in [9.17, 15) is 0 Å². The lowest BCUT2D eigenvalue weighted by atomic mass is 10.1. The third kappa shape index (κ3) is 2.69. The van der Waals surface area contributed by atoms with Crippen molar-refractivity contribution in [2.24, 2.45) is 0 Å². The second-order valence-electron chi connectivity index (χ2n) is 6.54. The number of fused-ring (bicyclic) bond motifs is 3. The van der Waals surface area contributed by atoms with E-state index in [1.54, 1.807) is 7.11 Å². The van der Waals surface area contributed by atoms with E-state index in [4.69, 9.17) is 4.74 Å². The maximum Gasteiger partial charge on any atom is 0.207 e. The molecule has 2 aromatic carbocycles. The Bertz CT molecular complexity index is 1100. The van der Waals surface area contributed by atoms with Gasteiger partial charge in [0.15, 0.2) is 5.82 Å². The number of hydrogen-bond acceptors (Lipinski definition) is 7. The number of nitrogens with zero attached hydrogens (tertiary/aromatic N) is 7. The van der Waals surface area contributed by atoms with Crippen molar-refractivity contribution >= 4 is 27.9 Å². The molecular weight excluding hydrogens is 342 g/mol. The first-order chi connectivity index (χ1) is 13.3. The van der Waals surface area contributed by atoms with E-state index in [0.717, 1.165) is 48.5 Å². The molecule has 27 heavy (non-hydrogen) atoms. The third-order valence-corrected chi connectivity index (χ3v) is 5.05. The molecule has 0 amide bonds. The molecule has 1 aliphatic heterocycles. The van der Waals surface area contributed by atoms with Gasteiger partial charge in [0.05, 0.1) is 7.11 Å². The summed E-state index contributed by atoms with van der Waals surface area (Å²) < 4.78 is 6.87. The summed E-state index contributed by atoms with van der Waals surface area (Å²) in [7, 11) is 1.70. The fraction of sp³-hybridized carbons (Fsp3) is 0.263. The molecule has 136 valence electrons. The number of methoxy groups -OCH3 is 1. The van der Waals surface area contributed by atoms with Crippen LogP contribution in [0.25, 0.3) is 16.4 Å². The molecule has 0 spiro atoms. The highest BCUT2D eigenvalue weighted by Gasteiger charge is 2.22. The summed E-state index contributed by atoms with van der Waals surface area (Å²) in [5, 5.41) is 18.6. The van der Waals surface area contributed by atoms with E-state index in [1.165, 1.54) is 10.3 Å². The molecule has 4 aromatic rings. The van der Waals surface area contributed by atoms with Gasteiger partial charge >= 0.3 is 0 Å². The number of aromatic nitrogens is 5. The van der Waals surface area contributed by atoms with Gasteiger partial charge in [0, 0.05) is 48.7 Å². The van der Waals surface area contributed by atoms with Crippen LogP contribution in [0.15, 0.2) is 48.5 Å². The van der Waals surface area contributed by atoms with Crippen molar-refractivity contribution in [1.82, 2.24) is 25.3 Å². The number of anilines is 2. The Morgan fingerprint density at radius 1 is 0.889 bits per heavy atom. The molecule has 1 fully saturated rings. The highest BCUT2D eigenvalue weighted by Crippen LogP contribution is 2.28. The summed E-state index contributed by atoms with van der Waals surface area (Å²) in [6.07, 6.45) is 0. The van der Waals surface area contributed by atoms with Crippen LogP contribution < -0.4 is 14.5 Å². The van der Waals surface area contributed by atoms with Crippen molar-refractivity contribution < 1.29 is 4.74 Å². The third-order valence-electron chi connectivity index (χ3n) is 5.05. The van der Waals surface area contributed by atoms with Crippen LogP contribution in [0.5, 0.6) is 5.75 Å². The minimum absolute atomic E-state index is 0.685. The molecule has 2 aromatic heterocycles. The van der Waals surface area contributed by atoms with E-state index < -0.39 is 0 Å². The lowest BCUT2D eigenvalue weighted by molar-refractivity contribution is 0.414. The largest absolute Gasteiger partial charge is 0.497 e. The molecular formula is C19H19N7O. The first-order valence-corrected chi connectivity index (χ1v) is 8.94. The van der Waals surface area contributed by atoms with Crippen LogP contribution in [-0.2, 0) is 0 Å². The molecule has 5 rings (SSSR count). The Balaban J connectivity index is 1.45. The second kappa shape index (κ2) is 6.39. The number of rotatable bonds is 3. The van der Waals surface area contributed by atoms with Crippen molar-refractivity contribution in [2.45, 2.75) is 0 Å². The Morgan fingerprint density at radius 3 is 2.48 bits per heavy atom. The van der Waals surface area contributed by atoms with Crippen LogP contribution in [0.4, 0.5) is 11.5 Å². The minimum atomic E-state index is 0.685. The van der Waals surface area contributed by atoms with E-state index in [1.807, 2.05) is 30.3 Å². The molecule has 0 unspecified atom stereocenters. The molecule has 0 N–H and O–H groups in total. The van der Waals surface area contributed by atoms with Gasteiger partial charge in [-0.2, -0.15) is 0 Å². The van der Waals surface area contributed by atoms with Gasteiger partial charge in [0.25, 0.3) is 0 Å². The Kier molecular flexibility index (Phi) is 3.74. The van der Waals surface area contributed by atoms with Crippen LogP contribution >= 0.6 is 0 Å². The van der Waals surface area contributed by atoms with Crippen LogP contribution in [-0.4, -0.2) is 58.5 Å². The van der Waals surface area contributed by atoms with Crippen molar-refractivity contribution in [2.75, 3.05) is 43.1 Å². The molecule has 1 aliphatic rings. The normalized spacial score (nSPS) is 14.9. The lowest BCUT2D eigenvalue weighted by Gasteiger charge is -2.37. The van der Waals surface area contributed by atoms with E-state index in [0.29, 0.717) is 5.65 Å². The molecule has 0 bridgehead atoms. The Hall–Kier alpha value is -3.42. The van der Waals surface area contributed by atoms with E-state index in [2.05, 4.69) is 48.6 Å². The SMILES string of the molecule is COc1cccc(N2CCN(c3nn4nnnc4c4ccccc34)CC2)c1. The smallest absolute Gasteiger partial charge is 0.207 e. The molecule has 1 saturated heterocycles. The zero-order chi connectivity index (χ0) is 18.2. The number of tetrazole rings is 1. The summed E-state index contributed by atoms with van der Waals surface area (Å²) in [6.45, 7) is 3.58. The van der Waals surface area contributed by atoms with Gasteiger partial charge in [0.1, 0.15) is 5.75 Å². The fourth-order valence-electron chi connectivity index (χ4n) is 3.65. The molecule has 8 heteroatoms. The number of piperazine rings is 1. The quantitative estimate of drug-likeness (QED) is 0.553. The van der Waals surface area contributed by atoms with Crippen molar-refractivity contribution in [3.63, 3.8) is 0 Å². The summed E-state index contributed by atoms with van der Waals surface area (Å²) >= 11 is 0. The van der Waals surface area contributed by atoms with Gasteiger partial charge in [-0.3, -0.25) is 0 Å². The maximum atomic E-state index is 5.35. The van der Waals surface area contributed by atoms with E-state index >= 15 is 0 Å². The first-order valence-electron chi connectivity index (χ1n) is 8.94. The van der Waals surface area contributed by atoms with Gasteiger partial charge in [-0.15, -0.1) is 14.8 Å². The lowest BCUT2D eigenvalue weighted by Crippen LogP contribution is -2.47. The monoisotopic (exact) mass is 361 g/mol. The highest BCUT2D eigenvalue weighted by atomic mass is 16.5. The molecule has 0 saturated carbocycles. The van der Waals surface area contributed by atoms with Crippen molar-refractivity contribution in [3.05, 3.63) is 48.5 Å². The van der Waals surface area contributed by atoms with Gasteiger partial charge in [-0.25, -0.2) is 0 Å². The predicted molar refractivity (Wildman–Crippen MR) is 104 cm³/mol. The predicted octanol–water partition coefficient (Wildman–Crippen LogP) is 2.01. The summed E-state index contributed by atoms with van der Waals surface area (Å²) in [5.74, 6) is 1.81. The minimum Gasteiger partial charge on any atom is -0.497 e. The molecule has 0 atom stereocenters. The summed E-state index contributed by atoms with van der Waals surface area (Å²) in [6, 6.07) is 16.4. The molecule has 3 heterocycles. The number of hydrogen-bond donors (Lipinski definition) is 0. The molecule has 0 radical (unpaired) electrons. The average molecular weight is 361 g/mol. The Labute approximate surface area is 155 Å². The maximum absolute atomic E-state index is 5.35. The van der Waals surface area contributed by atoms with Gasteiger partial charge in [-0.1, -0.05) is 30.3 Å². The van der Waals surface area contributed by atoms with Crippen LogP contribution in [0.3, 0.4) is 0 Å². The van der Waals surface area contributed by atoms with Crippen LogP contribution in [0.1, 0.15) is 0 Å². The van der Waals surface area contributed by atoms with Crippen LogP contribution in [0, 0.1) is 0 Å². The van der Waals surface area contributed by atoms with Gasteiger partial charge in [0.2, 0.25) is 5.65 Å². The van der Waals surface area contributed by atoms with Crippen molar-refractivity contribution in [1.29, 1.82) is 0 Å². The molecule has 8 nitrogen and oxygen atoms in total. The topological polar surface area (TPSA) is 71.7 Å². The van der Waals surface area contributed by atoms with Gasteiger partial charge in [-0.05, 0) is 22.6 Å². The summed E-state index contributed by atoms with van der Waals surface area (Å²) in [5.41, 5.74) is 1.87.